The van der Waals surface area contributed by atoms with Crippen molar-refractivity contribution in [3.05, 3.63) is 29.3 Å². The Bertz CT molecular complexity index is 536. The summed E-state index contributed by atoms with van der Waals surface area (Å²) in [5.74, 6) is -0.982. The summed E-state index contributed by atoms with van der Waals surface area (Å²) in [6, 6.07) is 5.04. The maximum atomic E-state index is 12.2. The highest BCUT2D eigenvalue weighted by molar-refractivity contribution is 5.94. The van der Waals surface area contributed by atoms with Crippen LogP contribution in [0.5, 0.6) is 0 Å². The molecule has 1 aliphatic carbocycles. The molecule has 2 amide bonds. The van der Waals surface area contributed by atoms with Crippen molar-refractivity contribution in [2.75, 3.05) is 12.4 Å². The molecule has 0 saturated heterocycles. The number of carbonyl (C=O) groups excluding carboxylic acids is 1. The molecule has 21 heavy (non-hydrogen) atoms. The molecule has 1 saturated carbocycles. The number of nitrogens with zero attached hydrogens (tertiary/aromatic N) is 1. The number of carboxylic acids is 1. The zero-order valence-corrected chi connectivity index (χ0v) is 12.6. The van der Waals surface area contributed by atoms with Crippen molar-refractivity contribution in [3.8, 4) is 0 Å². The Kier molecular flexibility index (Phi) is 4.83. The van der Waals surface area contributed by atoms with E-state index in [1.165, 1.54) is 12.5 Å². The van der Waals surface area contributed by atoms with Crippen LogP contribution in [0, 0.1) is 6.92 Å². The monoisotopic (exact) mass is 290 g/mol. The van der Waals surface area contributed by atoms with Gasteiger partial charge in [0.1, 0.15) is 0 Å². The topological polar surface area (TPSA) is 69.6 Å². The number of urea groups is 1. The molecule has 2 N–H and O–H groups in total. The van der Waals surface area contributed by atoms with Crippen molar-refractivity contribution in [2.45, 2.75) is 45.1 Å². The van der Waals surface area contributed by atoms with Gasteiger partial charge < -0.3 is 15.3 Å². The van der Waals surface area contributed by atoms with E-state index in [4.69, 9.17) is 5.11 Å². The van der Waals surface area contributed by atoms with Crippen LogP contribution in [0.4, 0.5) is 10.5 Å². The summed E-state index contributed by atoms with van der Waals surface area (Å²) in [6.45, 7) is 1.74. The van der Waals surface area contributed by atoms with Crippen molar-refractivity contribution in [3.63, 3.8) is 0 Å². The van der Waals surface area contributed by atoms with Gasteiger partial charge in [-0.1, -0.05) is 25.3 Å². The van der Waals surface area contributed by atoms with Crippen molar-refractivity contribution in [1.29, 1.82) is 0 Å². The molecule has 1 aromatic rings. The van der Waals surface area contributed by atoms with Crippen molar-refractivity contribution >= 4 is 17.7 Å². The Morgan fingerprint density at radius 3 is 2.52 bits per heavy atom. The van der Waals surface area contributed by atoms with E-state index in [-0.39, 0.29) is 17.6 Å². The smallest absolute Gasteiger partial charge is 0.336 e. The van der Waals surface area contributed by atoms with Gasteiger partial charge >= 0.3 is 12.0 Å². The maximum absolute atomic E-state index is 12.2. The summed E-state index contributed by atoms with van der Waals surface area (Å²) < 4.78 is 0. The van der Waals surface area contributed by atoms with Crippen LogP contribution in [-0.2, 0) is 0 Å². The number of nitrogens with one attached hydrogen (secondary N) is 1. The number of aryl methyl sites for hydroxylation is 1. The molecule has 5 heteroatoms. The Hall–Kier alpha value is -2.04. The second kappa shape index (κ2) is 6.61. The fourth-order valence-corrected chi connectivity index (χ4v) is 2.78. The lowest BCUT2D eigenvalue weighted by Gasteiger charge is -2.31. The van der Waals surface area contributed by atoms with Crippen LogP contribution < -0.4 is 5.32 Å². The summed E-state index contributed by atoms with van der Waals surface area (Å²) >= 11 is 0. The summed E-state index contributed by atoms with van der Waals surface area (Å²) in [5.41, 5.74) is 1.42. The highest BCUT2D eigenvalue weighted by atomic mass is 16.4. The van der Waals surface area contributed by atoms with E-state index < -0.39 is 5.97 Å². The first-order valence-electron chi connectivity index (χ1n) is 7.37. The Labute approximate surface area is 125 Å². The SMILES string of the molecule is Cc1ccc(NC(=O)N(C)C2CCCCC2)cc1C(=O)O. The zero-order chi connectivity index (χ0) is 15.4. The van der Waals surface area contributed by atoms with Gasteiger partial charge in [0, 0.05) is 18.8 Å². The summed E-state index contributed by atoms with van der Waals surface area (Å²) in [6.07, 6.45) is 5.65. The predicted molar refractivity (Wildman–Crippen MR) is 81.8 cm³/mol. The Morgan fingerprint density at radius 1 is 1.24 bits per heavy atom. The molecule has 0 radical (unpaired) electrons. The third-order valence-electron chi connectivity index (χ3n) is 4.16. The molecule has 0 unspecified atom stereocenters. The lowest BCUT2D eigenvalue weighted by molar-refractivity contribution is 0.0696. The van der Waals surface area contributed by atoms with Crippen molar-refractivity contribution in [2.24, 2.45) is 0 Å². The molecule has 0 heterocycles. The van der Waals surface area contributed by atoms with Crippen molar-refractivity contribution < 1.29 is 14.7 Å². The number of amides is 2. The molecule has 0 aliphatic heterocycles. The quantitative estimate of drug-likeness (QED) is 0.895. The number of aromatic carboxylic acids is 1. The Morgan fingerprint density at radius 2 is 1.90 bits per heavy atom. The number of rotatable bonds is 3. The number of anilines is 1. The zero-order valence-electron chi connectivity index (χ0n) is 12.6. The molecule has 5 nitrogen and oxygen atoms in total. The molecule has 0 atom stereocenters. The maximum Gasteiger partial charge on any atom is 0.336 e. The summed E-state index contributed by atoms with van der Waals surface area (Å²) in [7, 11) is 1.80. The van der Waals surface area contributed by atoms with E-state index in [1.54, 1.807) is 31.0 Å². The number of hydrogen-bond donors (Lipinski definition) is 2. The first-order valence-corrected chi connectivity index (χ1v) is 7.37. The first kappa shape index (κ1) is 15.4. The number of carbonyl (C=O) groups is 2. The van der Waals surface area contributed by atoms with Crippen molar-refractivity contribution in [1.82, 2.24) is 4.90 Å². The van der Waals surface area contributed by atoms with Gasteiger partial charge in [-0.05, 0) is 37.5 Å². The lowest BCUT2D eigenvalue weighted by atomic mass is 9.95. The molecule has 2 rings (SSSR count). The van der Waals surface area contributed by atoms with Gasteiger partial charge in [-0.3, -0.25) is 0 Å². The molecule has 0 aromatic heterocycles. The van der Waals surface area contributed by atoms with E-state index in [2.05, 4.69) is 5.32 Å². The van der Waals surface area contributed by atoms with Gasteiger partial charge in [0.2, 0.25) is 0 Å². The van der Waals surface area contributed by atoms with Gasteiger partial charge in [0.15, 0.2) is 0 Å². The van der Waals surface area contributed by atoms with Gasteiger partial charge in [0.05, 0.1) is 5.56 Å². The van der Waals surface area contributed by atoms with Gasteiger partial charge in [0.25, 0.3) is 0 Å². The van der Waals surface area contributed by atoms with Crippen LogP contribution in [0.3, 0.4) is 0 Å². The van der Waals surface area contributed by atoms with E-state index in [0.29, 0.717) is 11.3 Å². The minimum Gasteiger partial charge on any atom is -0.478 e. The number of carboxylic acid groups (broad SMARTS) is 1. The van der Waals surface area contributed by atoms with Gasteiger partial charge in [-0.2, -0.15) is 0 Å². The fraction of sp³-hybridized carbons (Fsp3) is 0.500. The average Bonchev–Trinajstić information content (AvgIpc) is 2.49. The van der Waals surface area contributed by atoms with E-state index in [1.807, 2.05) is 0 Å². The highest BCUT2D eigenvalue weighted by Crippen LogP contribution is 2.22. The summed E-state index contributed by atoms with van der Waals surface area (Å²) in [4.78, 5) is 25.1. The second-order valence-electron chi connectivity index (χ2n) is 5.67. The van der Waals surface area contributed by atoms with E-state index >= 15 is 0 Å². The molecule has 0 bridgehead atoms. The molecule has 114 valence electrons. The molecule has 1 aromatic carbocycles. The number of hydrogen-bond acceptors (Lipinski definition) is 2. The first-order chi connectivity index (χ1) is 9.99. The molecular weight excluding hydrogens is 268 g/mol. The average molecular weight is 290 g/mol. The van der Waals surface area contributed by atoms with Crippen LogP contribution in [0.25, 0.3) is 0 Å². The predicted octanol–water partition coefficient (Wildman–Crippen LogP) is 3.49. The largest absolute Gasteiger partial charge is 0.478 e. The van der Waals surface area contributed by atoms with E-state index in [0.717, 1.165) is 25.7 Å². The van der Waals surface area contributed by atoms with Crippen LogP contribution in [0.1, 0.15) is 48.0 Å². The van der Waals surface area contributed by atoms with E-state index in [9.17, 15) is 9.59 Å². The van der Waals surface area contributed by atoms with Gasteiger partial charge in [-0.15, -0.1) is 0 Å². The van der Waals surface area contributed by atoms with Gasteiger partial charge in [-0.25, -0.2) is 9.59 Å². The second-order valence-corrected chi connectivity index (χ2v) is 5.67. The van der Waals surface area contributed by atoms with Crippen LogP contribution in [0.15, 0.2) is 18.2 Å². The fourth-order valence-electron chi connectivity index (χ4n) is 2.78. The minimum atomic E-state index is -0.982. The standard InChI is InChI=1S/C16H22N2O3/c1-11-8-9-12(10-14(11)15(19)20)17-16(21)18(2)13-6-4-3-5-7-13/h8-10,13H,3-7H2,1-2H3,(H,17,21)(H,19,20). The molecule has 1 aliphatic rings. The lowest BCUT2D eigenvalue weighted by Crippen LogP contribution is -2.40. The third-order valence-corrected chi connectivity index (χ3v) is 4.16. The van der Waals surface area contributed by atoms with Crippen LogP contribution in [-0.4, -0.2) is 35.1 Å². The molecule has 1 fully saturated rings. The highest BCUT2D eigenvalue weighted by Gasteiger charge is 2.22. The molecular formula is C16H22N2O3. The number of benzene rings is 1. The third kappa shape index (κ3) is 3.74. The minimum absolute atomic E-state index is 0.179. The van der Waals surface area contributed by atoms with Crippen LogP contribution >= 0.6 is 0 Å². The summed E-state index contributed by atoms with van der Waals surface area (Å²) in [5, 5.41) is 11.9. The normalized spacial score (nSPS) is 15.5. The Balaban J connectivity index is 2.05. The molecule has 0 spiro atoms. The van der Waals surface area contributed by atoms with Crippen LogP contribution in [0.2, 0.25) is 0 Å².